The summed E-state index contributed by atoms with van der Waals surface area (Å²) in [6.07, 6.45) is -0.171. The molecular formula is C15H19N3O6S. The average Bonchev–Trinajstić information content (AvgIpc) is 2.61. The molecule has 1 aromatic rings. The van der Waals surface area contributed by atoms with Crippen LogP contribution in [-0.2, 0) is 24.3 Å². The highest BCUT2D eigenvalue weighted by Crippen LogP contribution is 2.35. The number of carbonyl (C=O) groups is 2. The average molecular weight is 369 g/mol. The molecule has 2 aliphatic rings. The lowest BCUT2D eigenvalue weighted by molar-refractivity contribution is -0.118. The molecule has 0 aromatic heterocycles. The fourth-order valence-corrected chi connectivity index (χ4v) is 4.01. The van der Waals surface area contributed by atoms with E-state index in [9.17, 15) is 18.0 Å². The number of hydrogen-bond donors (Lipinski definition) is 2. The Hall–Kier alpha value is -2.17. The van der Waals surface area contributed by atoms with Crippen LogP contribution in [0.3, 0.4) is 0 Å². The second-order valence-corrected chi connectivity index (χ2v) is 7.73. The second-order valence-electron chi connectivity index (χ2n) is 5.64. The fourth-order valence-electron chi connectivity index (χ4n) is 2.60. The van der Waals surface area contributed by atoms with Gasteiger partial charge in [0.1, 0.15) is 0 Å². The molecule has 0 saturated carbocycles. The predicted octanol–water partition coefficient (Wildman–Crippen LogP) is 0.00810. The van der Waals surface area contributed by atoms with Gasteiger partial charge in [0, 0.05) is 19.5 Å². The third kappa shape index (κ3) is 4.27. The van der Waals surface area contributed by atoms with Crippen molar-refractivity contribution in [2.45, 2.75) is 6.42 Å². The number of hydrogen-bond acceptors (Lipinski definition) is 6. The zero-order chi connectivity index (χ0) is 17.9. The highest BCUT2D eigenvalue weighted by Gasteiger charge is 2.25. The zero-order valence-corrected chi connectivity index (χ0v) is 14.3. The monoisotopic (exact) mass is 369 g/mol. The van der Waals surface area contributed by atoms with Crippen LogP contribution in [0.15, 0.2) is 18.2 Å². The number of rotatable bonds is 5. The van der Waals surface area contributed by atoms with Crippen LogP contribution < -0.4 is 15.4 Å². The van der Waals surface area contributed by atoms with Gasteiger partial charge >= 0.3 is 0 Å². The van der Waals surface area contributed by atoms with Crippen LogP contribution in [0.2, 0.25) is 0 Å². The van der Waals surface area contributed by atoms with Crippen LogP contribution in [0.25, 0.3) is 0 Å². The standard InChI is InChI=1S/C15H19N3O6S/c19-13(4-9-25(21,22)18-5-7-23-8-6-18)16-11-2-1-3-12-15(11)24-10-14(20)17-12/h1-3H,4-10H2,(H,16,19)(H,17,20). The van der Waals surface area contributed by atoms with Gasteiger partial charge in [0.25, 0.3) is 5.91 Å². The molecule has 0 radical (unpaired) electrons. The predicted molar refractivity (Wildman–Crippen MR) is 90.0 cm³/mol. The smallest absolute Gasteiger partial charge is 0.262 e. The first-order chi connectivity index (χ1) is 12.0. The molecule has 1 fully saturated rings. The Morgan fingerprint density at radius 1 is 1.28 bits per heavy atom. The van der Waals surface area contributed by atoms with Crippen LogP contribution in [0.5, 0.6) is 5.75 Å². The molecule has 10 heteroatoms. The first kappa shape index (κ1) is 17.6. The van der Waals surface area contributed by atoms with Crippen molar-refractivity contribution in [3.05, 3.63) is 18.2 Å². The topological polar surface area (TPSA) is 114 Å². The van der Waals surface area contributed by atoms with Crippen LogP contribution in [0.4, 0.5) is 11.4 Å². The van der Waals surface area contributed by atoms with Gasteiger partial charge in [-0.05, 0) is 12.1 Å². The molecule has 136 valence electrons. The minimum absolute atomic E-state index is 0.134. The lowest BCUT2D eigenvalue weighted by Gasteiger charge is -2.26. The van der Waals surface area contributed by atoms with Gasteiger partial charge in [-0.3, -0.25) is 9.59 Å². The van der Waals surface area contributed by atoms with Gasteiger partial charge in [0.05, 0.1) is 30.3 Å². The Labute approximate surface area is 145 Å². The molecule has 0 spiro atoms. The highest BCUT2D eigenvalue weighted by molar-refractivity contribution is 7.89. The molecule has 0 atom stereocenters. The summed E-state index contributed by atoms with van der Waals surface area (Å²) < 4.78 is 36.3. The largest absolute Gasteiger partial charge is 0.479 e. The molecule has 2 N–H and O–H groups in total. The summed E-state index contributed by atoms with van der Waals surface area (Å²) in [6, 6.07) is 4.95. The molecule has 1 saturated heterocycles. The van der Waals surface area contributed by atoms with Crippen molar-refractivity contribution in [3.8, 4) is 5.75 Å². The molecule has 0 unspecified atom stereocenters. The van der Waals surface area contributed by atoms with Gasteiger partial charge in [0.15, 0.2) is 12.4 Å². The Morgan fingerprint density at radius 2 is 2.04 bits per heavy atom. The number of amides is 2. The van der Waals surface area contributed by atoms with Crippen molar-refractivity contribution in [3.63, 3.8) is 0 Å². The molecule has 2 amide bonds. The Kier molecular flexibility index (Phi) is 5.21. The van der Waals surface area contributed by atoms with E-state index in [1.54, 1.807) is 18.2 Å². The van der Waals surface area contributed by atoms with Crippen molar-refractivity contribution < 1.29 is 27.5 Å². The summed E-state index contributed by atoms with van der Waals surface area (Å²) in [6.45, 7) is 1.22. The maximum atomic E-state index is 12.2. The Balaban J connectivity index is 1.60. The third-order valence-electron chi connectivity index (χ3n) is 3.86. The van der Waals surface area contributed by atoms with E-state index >= 15 is 0 Å². The maximum absolute atomic E-state index is 12.2. The van der Waals surface area contributed by atoms with Crippen molar-refractivity contribution in [1.82, 2.24) is 4.31 Å². The van der Waals surface area contributed by atoms with Crippen LogP contribution in [0, 0.1) is 0 Å². The van der Waals surface area contributed by atoms with Gasteiger partial charge in [-0.2, -0.15) is 4.31 Å². The number of benzene rings is 1. The van der Waals surface area contributed by atoms with Gasteiger partial charge in [-0.15, -0.1) is 0 Å². The quantitative estimate of drug-likeness (QED) is 0.756. The molecule has 25 heavy (non-hydrogen) atoms. The molecule has 2 heterocycles. The van der Waals surface area contributed by atoms with Crippen molar-refractivity contribution >= 4 is 33.2 Å². The third-order valence-corrected chi connectivity index (χ3v) is 5.73. The number of sulfonamides is 1. The molecule has 3 rings (SSSR count). The normalized spacial score (nSPS) is 18.0. The van der Waals surface area contributed by atoms with Gasteiger partial charge in [-0.25, -0.2) is 8.42 Å². The minimum Gasteiger partial charge on any atom is -0.479 e. The van der Waals surface area contributed by atoms with Crippen LogP contribution in [-0.4, -0.2) is 63.2 Å². The van der Waals surface area contributed by atoms with E-state index in [1.807, 2.05) is 0 Å². The molecule has 9 nitrogen and oxygen atoms in total. The van der Waals surface area contributed by atoms with Crippen molar-refractivity contribution in [2.24, 2.45) is 0 Å². The number of nitrogens with zero attached hydrogens (tertiary/aromatic N) is 1. The molecule has 0 bridgehead atoms. The summed E-state index contributed by atoms with van der Waals surface area (Å²) in [5.74, 6) is -0.615. The lowest BCUT2D eigenvalue weighted by Crippen LogP contribution is -2.42. The number of carbonyl (C=O) groups excluding carboxylic acids is 2. The molecule has 2 aliphatic heterocycles. The van der Waals surface area contributed by atoms with Gasteiger partial charge < -0.3 is 20.1 Å². The summed E-state index contributed by atoms with van der Waals surface area (Å²) in [5.41, 5.74) is 0.862. The number of nitrogens with one attached hydrogen (secondary N) is 2. The zero-order valence-electron chi connectivity index (χ0n) is 13.5. The Bertz CT molecular complexity index is 773. The van der Waals surface area contributed by atoms with E-state index in [2.05, 4.69) is 10.6 Å². The summed E-state index contributed by atoms with van der Waals surface area (Å²) in [7, 11) is -3.49. The number of para-hydroxylation sites is 1. The highest BCUT2D eigenvalue weighted by atomic mass is 32.2. The number of ether oxygens (including phenoxy) is 2. The van der Waals surface area contributed by atoms with E-state index in [4.69, 9.17) is 9.47 Å². The van der Waals surface area contributed by atoms with Crippen molar-refractivity contribution in [2.75, 3.05) is 49.3 Å². The van der Waals surface area contributed by atoms with Crippen LogP contribution >= 0.6 is 0 Å². The number of morpholine rings is 1. The second kappa shape index (κ2) is 7.38. The SMILES string of the molecule is O=C(CCS(=O)(=O)N1CCOCC1)Nc1cccc2c1OCC(=O)N2. The van der Waals surface area contributed by atoms with E-state index in [-0.39, 0.29) is 24.7 Å². The molecule has 0 aliphatic carbocycles. The molecule has 1 aromatic carbocycles. The number of anilines is 2. The first-order valence-corrected chi connectivity index (χ1v) is 9.48. The van der Waals surface area contributed by atoms with E-state index < -0.39 is 15.9 Å². The minimum atomic E-state index is -3.49. The number of fused-ring (bicyclic) bond motifs is 1. The summed E-state index contributed by atoms with van der Waals surface area (Å²) in [4.78, 5) is 23.4. The van der Waals surface area contributed by atoms with Gasteiger partial charge in [-0.1, -0.05) is 6.07 Å². The first-order valence-electron chi connectivity index (χ1n) is 7.87. The lowest BCUT2D eigenvalue weighted by atomic mass is 10.2. The molecular weight excluding hydrogens is 350 g/mol. The van der Waals surface area contributed by atoms with Crippen molar-refractivity contribution in [1.29, 1.82) is 0 Å². The van der Waals surface area contributed by atoms with E-state index in [0.29, 0.717) is 43.4 Å². The van der Waals surface area contributed by atoms with Crippen LogP contribution in [0.1, 0.15) is 6.42 Å². The fraction of sp³-hybridized carbons (Fsp3) is 0.467. The summed E-state index contributed by atoms with van der Waals surface area (Å²) >= 11 is 0. The van der Waals surface area contributed by atoms with E-state index in [1.165, 1.54) is 4.31 Å². The maximum Gasteiger partial charge on any atom is 0.262 e. The Morgan fingerprint density at radius 3 is 2.80 bits per heavy atom. The van der Waals surface area contributed by atoms with E-state index in [0.717, 1.165) is 0 Å². The van der Waals surface area contributed by atoms with Gasteiger partial charge in [0.2, 0.25) is 15.9 Å². The summed E-state index contributed by atoms with van der Waals surface area (Å²) in [5, 5.41) is 5.28.